The summed E-state index contributed by atoms with van der Waals surface area (Å²) in [5.41, 5.74) is 2.34. The molecular weight excluding hydrogens is 588 g/mol. The maximum absolute atomic E-state index is 13.5. The van der Waals surface area contributed by atoms with Gasteiger partial charge in [0.15, 0.2) is 28.8 Å². The van der Waals surface area contributed by atoms with E-state index in [0.29, 0.717) is 56.7 Å². The third kappa shape index (κ3) is 7.92. The summed E-state index contributed by atoms with van der Waals surface area (Å²) in [6.45, 7) is 0. The molecule has 0 aromatic heterocycles. The number of benzene rings is 4. The van der Waals surface area contributed by atoms with E-state index in [-0.39, 0.29) is 11.5 Å². The lowest BCUT2D eigenvalue weighted by Gasteiger charge is -2.14. The summed E-state index contributed by atoms with van der Waals surface area (Å²) in [4.78, 5) is 39.4. The van der Waals surface area contributed by atoms with Crippen molar-refractivity contribution in [3.63, 3.8) is 0 Å². The Morgan fingerprint density at radius 3 is 1.85 bits per heavy atom. The zero-order valence-electron chi connectivity index (χ0n) is 26.1. The Hall–Kier alpha value is -6.03. The number of anilines is 1. The standard InChI is InChI=1S/C36H34N2O8/c1-42-30-13-9-12-26(33(30)45-4)22-28(38-35(40)25-10-7-6-8-11-25)36(41)37-27-17-15-24(16-18-27)29(39)19-14-23-20-31(43-2)34(46-5)32(21-23)44-3/h6-22H,1-5H3,(H,37,41)(H,38,40)/b19-14+,28-22-. The van der Waals surface area contributed by atoms with Gasteiger partial charge in [0.05, 0.1) is 35.5 Å². The monoisotopic (exact) mass is 622 g/mol. The van der Waals surface area contributed by atoms with E-state index in [0.717, 1.165) is 0 Å². The molecule has 4 aromatic carbocycles. The number of ether oxygens (including phenoxy) is 5. The first-order valence-corrected chi connectivity index (χ1v) is 14.0. The lowest BCUT2D eigenvalue weighted by Crippen LogP contribution is -2.30. The molecule has 10 nitrogen and oxygen atoms in total. The minimum absolute atomic E-state index is 0.0335. The highest BCUT2D eigenvalue weighted by atomic mass is 16.5. The summed E-state index contributed by atoms with van der Waals surface area (Å²) in [7, 11) is 7.54. The number of hydrogen-bond donors (Lipinski definition) is 2. The first-order chi connectivity index (χ1) is 22.3. The number of carbonyl (C=O) groups is 3. The third-order valence-electron chi connectivity index (χ3n) is 6.80. The molecule has 2 amide bonds. The smallest absolute Gasteiger partial charge is 0.272 e. The normalized spacial score (nSPS) is 11.0. The van der Waals surface area contributed by atoms with Crippen LogP contribution in [0.1, 0.15) is 31.8 Å². The first-order valence-electron chi connectivity index (χ1n) is 14.0. The molecule has 0 saturated carbocycles. The van der Waals surface area contributed by atoms with E-state index in [1.54, 1.807) is 91.0 Å². The van der Waals surface area contributed by atoms with Gasteiger partial charge in [0, 0.05) is 22.4 Å². The second kappa shape index (κ2) is 15.6. The van der Waals surface area contributed by atoms with E-state index < -0.39 is 11.8 Å². The largest absolute Gasteiger partial charge is 0.493 e. The molecule has 4 rings (SSSR count). The van der Waals surface area contributed by atoms with Crippen LogP contribution in [0.15, 0.2) is 96.7 Å². The zero-order valence-corrected chi connectivity index (χ0v) is 26.1. The molecule has 2 N–H and O–H groups in total. The number of amides is 2. The molecular formula is C36H34N2O8. The summed E-state index contributed by atoms with van der Waals surface area (Å²) < 4.78 is 27.0. The Kier molecular flexibility index (Phi) is 11.2. The SMILES string of the molecule is COc1cccc(/C=C(\NC(=O)c2ccccc2)C(=O)Nc2ccc(C(=O)/C=C/c3cc(OC)c(OC)c(OC)c3)cc2)c1OC. The second-order valence-corrected chi connectivity index (χ2v) is 9.65. The summed E-state index contributed by atoms with van der Waals surface area (Å²) in [5.74, 6) is 0.925. The third-order valence-corrected chi connectivity index (χ3v) is 6.80. The highest BCUT2D eigenvalue weighted by Gasteiger charge is 2.18. The minimum atomic E-state index is -0.587. The Bertz CT molecular complexity index is 1740. The summed E-state index contributed by atoms with van der Waals surface area (Å²) in [6, 6.07) is 23.6. The molecule has 4 aromatic rings. The summed E-state index contributed by atoms with van der Waals surface area (Å²) in [5, 5.41) is 5.48. The number of allylic oxidation sites excluding steroid dienone is 1. The van der Waals surface area contributed by atoms with Crippen LogP contribution in [0.3, 0.4) is 0 Å². The zero-order chi connectivity index (χ0) is 33.1. The maximum atomic E-state index is 13.5. The van der Waals surface area contributed by atoms with Crippen LogP contribution in [0, 0.1) is 0 Å². The number of rotatable bonds is 13. The average Bonchev–Trinajstić information content (AvgIpc) is 3.10. The minimum Gasteiger partial charge on any atom is -0.493 e. The quantitative estimate of drug-likeness (QED) is 0.137. The van der Waals surface area contributed by atoms with Crippen LogP contribution in [-0.2, 0) is 4.79 Å². The average molecular weight is 623 g/mol. The fraction of sp³-hybridized carbons (Fsp3) is 0.139. The molecule has 0 atom stereocenters. The first kappa shape index (κ1) is 32.9. The molecule has 0 aliphatic rings. The van der Waals surface area contributed by atoms with Gasteiger partial charge in [-0.25, -0.2) is 0 Å². The van der Waals surface area contributed by atoms with E-state index in [9.17, 15) is 14.4 Å². The van der Waals surface area contributed by atoms with Gasteiger partial charge < -0.3 is 34.3 Å². The van der Waals surface area contributed by atoms with E-state index in [2.05, 4.69) is 10.6 Å². The van der Waals surface area contributed by atoms with Gasteiger partial charge >= 0.3 is 0 Å². The Morgan fingerprint density at radius 1 is 0.630 bits per heavy atom. The van der Waals surface area contributed by atoms with Crippen molar-refractivity contribution >= 4 is 35.4 Å². The molecule has 46 heavy (non-hydrogen) atoms. The number of para-hydroxylation sites is 1. The highest BCUT2D eigenvalue weighted by Crippen LogP contribution is 2.38. The molecule has 0 saturated heterocycles. The van der Waals surface area contributed by atoms with Crippen molar-refractivity contribution in [1.29, 1.82) is 0 Å². The molecule has 0 radical (unpaired) electrons. The Balaban J connectivity index is 1.55. The lowest BCUT2D eigenvalue weighted by atomic mass is 10.1. The van der Waals surface area contributed by atoms with Gasteiger partial charge in [-0.3, -0.25) is 14.4 Å². The lowest BCUT2D eigenvalue weighted by molar-refractivity contribution is -0.113. The maximum Gasteiger partial charge on any atom is 0.272 e. The molecule has 0 aliphatic heterocycles. The van der Waals surface area contributed by atoms with Gasteiger partial charge in [0.1, 0.15) is 5.70 Å². The van der Waals surface area contributed by atoms with Crippen molar-refractivity contribution in [1.82, 2.24) is 5.32 Å². The topological polar surface area (TPSA) is 121 Å². The van der Waals surface area contributed by atoms with Crippen LogP contribution in [0.2, 0.25) is 0 Å². The summed E-state index contributed by atoms with van der Waals surface area (Å²) in [6.07, 6.45) is 4.57. The summed E-state index contributed by atoms with van der Waals surface area (Å²) >= 11 is 0. The van der Waals surface area contributed by atoms with Crippen molar-refractivity contribution in [2.24, 2.45) is 0 Å². The van der Waals surface area contributed by atoms with Crippen LogP contribution in [0.5, 0.6) is 28.7 Å². The highest BCUT2D eigenvalue weighted by molar-refractivity contribution is 6.11. The molecule has 0 bridgehead atoms. The number of hydrogen-bond acceptors (Lipinski definition) is 8. The van der Waals surface area contributed by atoms with Crippen LogP contribution in [-0.4, -0.2) is 53.1 Å². The fourth-order valence-electron chi connectivity index (χ4n) is 4.51. The van der Waals surface area contributed by atoms with Crippen molar-refractivity contribution in [3.05, 3.63) is 119 Å². The Morgan fingerprint density at radius 2 is 1.26 bits per heavy atom. The number of ketones is 1. The molecule has 0 spiro atoms. The van der Waals surface area contributed by atoms with Gasteiger partial charge in [-0.2, -0.15) is 0 Å². The van der Waals surface area contributed by atoms with E-state index >= 15 is 0 Å². The molecule has 0 aliphatic carbocycles. The van der Waals surface area contributed by atoms with Crippen molar-refractivity contribution in [2.45, 2.75) is 0 Å². The molecule has 236 valence electrons. The van der Waals surface area contributed by atoms with Gasteiger partial charge in [-0.1, -0.05) is 36.4 Å². The van der Waals surface area contributed by atoms with Gasteiger partial charge in [-0.05, 0) is 72.3 Å². The Labute approximate surface area is 267 Å². The van der Waals surface area contributed by atoms with Gasteiger partial charge in [-0.15, -0.1) is 0 Å². The number of methoxy groups -OCH3 is 5. The number of nitrogens with one attached hydrogen (secondary N) is 2. The van der Waals surface area contributed by atoms with Gasteiger partial charge in [0.2, 0.25) is 5.75 Å². The van der Waals surface area contributed by atoms with Crippen LogP contribution in [0.25, 0.3) is 12.2 Å². The van der Waals surface area contributed by atoms with Crippen molar-refractivity contribution in [2.75, 3.05) is 40.9 Å². The van der Waals surface area contributed by atoms with Crippen LogP contribution in [0.4, 0.5) is 5.69 Å². The van der Waals surface area contributed by atoms with Crippen LogP contribution < -0.4 is 34.3 Å². The van der Waals surface area contributed by atoms with Crippen LogP contribution >= 0.6 is 0 Å². The fourth-order valence-corrected chi connectivity index (χ4v) is 4.51. The van der Waals surface area contributed by atoms with E-state index in [1.807, 2.05) is 0 Å². The van der Waals surface area contributed by atoms with Crippen molar-refractivity contribution < 1.29 is 38.1 Å². The van der Waals surface area contributed by atoms with Crippen molar-refractivity contribution in [3.8, 4) is 28.7 Å². The second-order valence-electron chi connectivity index (χ2n) is 9.65. The number of carbonyl (C=O) groups excluding carboxylic acids is 3. The van der Waals surface area contributed by atoms with E-state index in [1.165, 1.54) is 47.7 Å². The molecule has 10 heteroatoms. The molecule has 0 fully saturated rings. The predicted molar refractivity (Wildman–Crippen MR) is 176 cm³/mol. The van der Waals surface area contributed by atoms with E-state index in [4.69, 9.17) is 23.7 Å². The van der Waals surface area contributed by atoms with Gasteiger partial charge in [0.25, 0.3) is 11.8 Å². The molecule has 0 unspecified atom stereocenters. The predicted octanol–water partition coefficient (Wildman–Crippen LogP) is 6.04. The molecule has 0 heterocycles.